The van der Waals surface area contributed by atoms with Gasteiger partial charge in [0.05, 0.1) is 5.69 Å². The van der Waals surface area contributed by atoms with Crippen molar-refractivity contribution in [3.05, 3.63) is 33.7 Å². The summed E-state index contributed by atoms with van der Waals surface area (Å²) < 4.78 is 37.0. The molecule has 2 rings (SSSR count). The van der Waals surface area contributed by atoms with Crippen LogP contribution in [0.3, 0.4) is 0 Å². The third-order valence-corrected chi connectivity index (χ3v) is 3.81. The van der Waals surface area contributed by atoms with Crippen LogP contribution in [0.5, 0.6) is 0 Å². The molecule has 21 heavy (non-hydrogen) atoms. The SMILES string of the molecule is Cc1cc(/C(C=N)=C/N=CC(F)(F)F)c(Br)c(C2CC2)n1. The molecule has 0 saturated heterocycles. The van der Waals surface area contributed by atoms with Crippen molar-refractivity contribution in [1.29, 1.82) is 5.41 Å². The van der Waals surface area contributed by atoms with Gasteiger partial charge in [0.15, 0.2) is 0 Å². The van der Waals surface area contributed by atoms with Gasteiger partial charge in [0, 0.05) is 39.6 Å². The van der Waals surface area contributed by atoms with Gasteiger partial charge in [0.2, 0.25) is 0 Å². The summed E-state index contributed by atoms with van der Waals surface area (Å²) in [5.74, 6) is 0.392. The normalized spacial score (nSPS) is 16.5. The molecule has 1 aromatic rings. The molecule has 1 N–H and O–H groups in total. The van der Waals surface area contributed by atoms with Crippen LogP contribution in [0.2, 0.25) is 0 Å². The lowest BCUT2D eigenvalue weighted by Gasteiger charge is -2.10. The predicted molar refractivity (Wildman–Crippen MR) is 80.0 cm³/mol. The second-order valence-electron chi connectivity index (χ2n) is 4.83. The van der Waals surface area contributed by atoms with E-state index in [2.05, 4.69) is 25.9 Å². The zero-order valence-corrected chi connectivity index (χ0v) is 12.8. The molecule has 0 bridgehead atoms. The van der Waals surface area contributed by atoms with E-state index in [0.717, 1.165) is 41.1 Å². The van der Waals surface area contributed by atoms with Crippen LogP contribution in [-0.4, -0.2) is 23.6 Å². The number of aromatic nitrogens is 1. The Labute approximate surface area is 128 Å². The Balaban J connectivity index is 2.40. The molecule has 3 nitrogen and oxygen atoms in total. The van der Waals surface area contributed by atoms with E-state index in [1.807, 2.05) is 6.92 Å². The van der Waals surface area contributed by atoms with Crippen LogP contribution >= 0.6 is 15.9 Å². The van der Waals surface area contributed by atoms with Crippen LogP contribution in [0.1, 0.15) is 35.7 Å². The highest BCUT2D eigenvalue weighted by Crippen LogP contribution is 2.44. The van der Waals surface area contributed by atoms with E-state index >= 15 is 0 Å². The number of pyridine rings is 1. The van der Waals surface area contributed by atoms with Crippen molar-refractivity contribution < 1.29 is 13.2 Å². The number of rotatable bonds is 4. The number of aryl methyl sites for hydroxylation is 1. The highest BCUT2D eigenvalue weighted by Gasteiger charge is 2.29. The molecular weight excluding hydrogens is 347 g/mol. The number of nitrogens with zero attached hydrogens (tertiary/aromatic N) is 2. The summed E-state index contributed by atoms with van der Waals surface area (Å²) in [6.07, 6.45) is -0.413. The van der Waals surface area contributed by atoms with Crippen molar-refractivity contribution in [1.82, 2.24) is 4.98 Å². The molecule has 0 aromatic carbocycles. The molecule has 0 amide bonds. The average molecular weight is 360 g/mol. The maximum Gasteiger partial charge on any atom is 0.426 e. The van der Waals surface area contributed by atoms with Gasteiger partial charge in [-0.25, -0.2) is 0 Å². The fourth-order valence-electron chi connectivity index (χ4n) is 1.91. The Hall–Kier alpha value is -1.50. The molecule has 1 saturated carbocycles. The number of nitrogens with one attached hydrogen (secondary N) is 1. The Morgan fingerprint density at radius 2 is 2.14 bits per heavy atom. The largest absolute Gasteiger partial charge is 0.426 e. The quantitative estimate of drug-likeness (QED) is 0.781. The van der Waals surface area contributed by atoms with E-state index in [0.29, 0.717) is 17.1 Å². The summed E-state index contributed by atoms with van der Waals surface area (Å²) in [6.45, 7) is 1.82. The van der Waals surface area contributed by atoms with Crippen LogP contribution < -0.4 is 0 Å². The van der Waals surface area contributed by atoms with Gasteiger partial charge < -0.3 is 5.41 Å². The average Bonchev–Trinajstić information content (AvgIpc) is 3.20. The van der Waals surface area contributed by atoms with E-state index in [9.17, 15) is 13.2 Å². The maximum atomic E-state index is 12.1. The molecule has 0 atom stereocenters. The standard InChI is InChI=1S/C14H13BrF3N3/c1-8-4-11(12(15)13(21-8)9-2-3-9)10(5-19)6-20-7-14(16,17)18/h4-7,9,19H,2-3H2,1H3/b10-6+,19-5?,20-7?. The second kappa shape index (κ2) is 6.09. The Bertz CT molecular complexity index is 617. The molecule has 1 aliphatic rings. The van der Waals surface area contributed by atoms with Gasteiger partial charge in [-0.3, -0.25) is 9.98 Å². The molecule has 1 aliphatic carbocycles. The second-order valence-corrected chi connectivity index (χ2v) is 5.63. The molecule has 112 valence electrons. The fraction of sp³-hybridized carbons (Fsp3) is 0.357. The first-order valence-electron chi connectivity index (χ1n) is 6.31. The van der Waals surface area contributed by atoms with E-state index in [1.165, 1.54) is 0 Å². The van der Waals surface area contributed by atoms with Crippen molar-refractivity contribution in [2.75, 3.05) is 0 Å². The number of hydrogen-bond acceptors (Lipinski definition) is 3. The lowest BCUT2D eigenvalue weighted by molar-refractivity contribution is -0.0535. The van der Waals surface area contributed by atoms with Crippen LogP contribution in [0.25, 0.3) is 5.57 Å². The van der Waals surface area contributed by atoms with Gasteiger partial charge in [-0.1, -0.05) is 0 Å². The first kappa shape index (κ1) is 15.9. The van der Waals surface area contributed by atoms with Gasteiger partial charge in [-0.05, 0) is 41.8 Å². The number of alkyl halides is 3. The van der Waals surface area contributed by atoms with Crippen molar-refractivity contribution >= 4 is 33.9 Å². The van der Waals surface area contributed by atoms with Gasteiger partial charge in [0.25, 0.3) is 0 Å². The summed E-state index contributed by atoms with van der Waals surface area (Å²) in [7, 11) is 0. The van der Waals surface area contributed by atoms with E-state index in [1.54, 1.807) is 6.07 Å². The van der Waals surface area contributed by atoms with Crippen molar-refractivity contribution in [2.24, 2.45) is 4.99 Å². The van der Waals surface area contributed by atoms with Crippen molar-refractivity contribution in [2.45, 2.75) is 31.9 Å². The zero-order chi connectivity index (χ0) is 15.6. The van der Waals surface area contributed by atoms with Gasteiger partial charge in [-0.15, -0.1) is 0 Å². The molecule has 1 aromatic heterocycles. The highest BCUT2D eigenvalue weighted by atomic mass is 79.9. The van der Waals surface area contributed by atoms with Crippen LogP contribution in [0.15, 0.2) is 21.7 Å². The predicted octanol–water partition coefficient (Wildman–Crippen LogP) is 4.65. The molecule has 1 heterocycles. The zero-order valence-electron chi connectivity index (χ0n) is 11.2. The van der Waals surface area contributed by atoms with E-state index < -0.39 is 6.18 Å². The first-order valence-corrected chi connectivity index (χ1v) is 7.10. The topological polar surface area (TPSA) is 49.1 Å². The summed E-state index contributed by atoms with van der Waals surface area (Å²) in [5.41, 5.74) is 2.61. The first-order chi connectivity index (χ1) is 9.81. The summed E-state index contributed by atoms with van der Waals surface area (Å²) >= 11 is 3.45. The number of allylic oxidation sites excluding steroid dienone is 1. The van der Waals surface area contributed by atoms with E-state index in [-0.39, 0.29) is 6.21 Å². The Morgan fingerprint density at radius 1 is 1.48 bits per heavy atom. The van der Waals surface area contributed by atoms with Crippen LogP contribution in [0, 0.1) is 12.3 Å². The van der Waals surface area contributed by atoms with Crippen LogP contribution in [0.4, 0.5) is 13.2 Å². The highest BCUT2D eigenvalue weighted by molar-refractivity contribution is 9.10. The molecule has 0 aliphatic heterocycles. The molecule has 0 radical (unpaired) electrons. The molecule has 0 unspecified atom stereocenters. The minimum Gasteiger partial charge on any atom is -0.308 e. The lowest BCUT2D eigenvalue weighted by Crippen LogP contribution is -2.07. The maximum absolute atomic E-state index is 12.1. The minimum atomic E-state index is -4.46. The monoisotopic (exact) mass is 359 g/mol. The number of hydrogen-bond donors (Lipinski definition) is 1. The Kier molecular flexibility index (Phi) is 4.61. The lowest BCUT2D eigenvalue weighted by atomic mass is 10.1. The molecule has 1 fully saturated rings. The third-order valence-electron chi connectivity index (χ3n) is 2.98. The van der Waals surface area contributed by atoms with Gasteiger partial charge >= 0.3 is 6.18 Å². The van der Waals surface area contributed by atoms with Crippen molar-refractivity contribution in [3.8, 4) is 0 Å². The summed E-state index contributed by atoms with van der Waals surface area (Å²) in [6, 6.07) is 1.73. The third kappa shape index (κ3) is 4.23. The molecular formula is C14H13BrF3N3. The Morgan fingerprint density at radius 3 is 2.67 bits per heavy atom. The minimum absolute atomic E-state index is 0.0970. The molecule has 0 spiro atoms. The van der Waals surface area contributed by atoms with Crippen LogP contribution in [-0.2, 0) is 0 Å². The number of halogens is 4. The summed E-state index contributed by atoms with van der Waals surface area (Å²) in [4.78, 5) is 7.71. The fourth-order valence-corrected chi connectivity index (χ4v) is 2.66. The smallest absolute Gasteiger partial charge is 0.308 e. The van der Waals surface area contributed by atoms with Gasteiger partial charge in [-0.2, -0.15) is 13.2 Å². The molecule has 7 heteroatoms. The summed E-state index contributed by atoms with van der Waals surface area (Å²) in [5, 5.41) is 7.40. The van der Waals surface area contributed by atoms with Gasteiger partial charge in [0.1, 0.15) is 6.21 Å². The van der Waals surface area contributed by atoms with E-state index in [4.69, 9.17) is 5.41 Å². The number of aliphatic imine (C=N–C) groups is 1. The van der Waals surface area contributed by atoms with Crippen molar-refractivity contribution in [3.63, 3.8) is 0 Å².